The first-order chi connectivity index (χ1) is 6.72. The molecule has 1 aromatic heterocycles. The molecule has 1 amide bonds. The molecule has 1 heterocycles. The quantitative estimate of drug-likeness (QED) is 0.769. The van der Waals surface area contributed by atoms with Gasteiger partial charge in [0.25, 0.3) is 0 Å². The summed E-state index contributed by atoms with van der Waals surface area (Å²) in [6.45, 7) is 2.40. The highest BCUT2D eigenvalue weighted by Crippen LogP contribution is 2.08. The molecule has 0 spiro atoms. The van der Waals surface area contributed by atoms with Crippen LogP contribution in [0.3, 0.4) is 0 Å². The minimum absolute atomic E-state index is 0.0741. The smallest absolute Gasteiger partial charge is 0.220 e. The third-order valence-electron chi connectivity index (χ3n) is 1.98. The summed E-state index contributed by atoms with van der Waals surface area (Å²) in [5.41, 5.74) is 6.63. The Labute approximate surface area is 88.3 Å². The van der Waals surface area contributed by atoms with Crippen LogP contribution in [0.15, 0.2) is 16.8 Å². The zero-order chi connectivity index (χ0) is 10.4. The summed E-state index contributed by atoms with van der Waals surface area (Å²) in [6.07, 6.45) is 1.35. The van der Waals surface area contributed by atoms with E-state index in [-0.39, 0.29) is 11.9 Å². The molecule has 78 valence electrons. The van der Waals surface area contributed by atoms with Crippen LogP contribution in [-0.2, 0) is 11.2 Å². The molecule has 1 aromatic rings. The van der Waals surface area contributed by atoms with Crippen LogP contribution in [0, 0.1) is 0 Å². The van der Waals surface area contributed by atoms with Crippen LogP contribution in [0.5, 0.6) is 0 Å². The van der Waals surface area contributed by atoms with Crippen molar-refractivity contribution in [3.63, 3.8) is 0 Å². The van der Waals surface area contributed by atoms with Gasteiger partial charge in [0.1, 0.15) is 0 Å². The van der Waals surface area contributed by atoms with E-state index in [4.69, 9.17) is 5.73 Å². The van der Waals surface area contributed by atoms with Crippen molar-refractivity contribution in [2.45, 2.75) is 25.8 Å². The van der Waals surface area contributed by atoms with Crippen molar-refractivity contribution >= 4 is 17.2 Å². The van der Waals surface area contributed by atoms with Crippen molar-refractivity contribution in [2.24, 2.45) is 5.73 Å². The molecular formula is C10H16N2OS. The van der Waals surface area contributed by atoms with Gasteiger partial charge < -0.3 is 11.1 Å². The Morgan fingerprint density at radius 1 is 1.71 bits per heavy atom. The lowest BCUT2D eigenvalue weighted by Crippen LogP contribution is -2.37. The van der Waals surface area contributed by atoms with Crippen LogP contribution in [-0.4, -0.2) is 18.5 Å². The van der Waals surface area contributed by atoms with Crippen molar-refractivity contribution in [1.82, 2.24) is 5.32 Å². The van der Waals surface area contributed by atoms with E-state index in [1.165, 1.54) is 5.56 Å². The molecule has 0 aliphatic rings. The second-order valence-electron chi connectivity index (χ2n) is 3.34. The topological polar surface area (TPSA) is 55.1 Å². The molecular weight excluding hydrogens is 196 g/mol. The second-order valence-corrected chi connectivity index (χ2v) is 4.12. The molecule has 0 aliphatic carbocycles. The van der Waals surface area contributed by atoms with Crippen LogP contribution < -0.4 is 11.1 Å². The van der Waals surface area contributed by atoms with E-state index < -0.39 is 0 Å². The fourth-order valence-electron chi connectivity index (χ4n) is 1.10. The lowest BCUT2D eigenvalue weighted by atomic mass is 10.2. The maximum absolute atomic E-state index is 11.3. The molecule has 1 rings (SSSR count). The first-order valence-electron chi connectivity index (χ1n) is 4.73. The van der Waals surface area contributed by atoms with Gasteiger partial charge in [-0.3, -0.25) is 4.79 Å². The predicted octanol–water partition coefficient (Wildman–Crippen LogP) is 1.14. The predicted molar refractivity (Wildman–Crippen MR) is 59.3 cm³/mol. The highest BCUT2D eigenvalue weighted by Gasteiger charge is 2.05. The molecule has 14 heavy (non-hydrogen) atoms. The largest absolute Gasteiger partial charge is 0.352 e. The molecule has 0 fully saturated rings. The Hall–Kier alpha value is -0.870. The zero-order valence-electron chi connectivity index (χ0n) is 8.32. The Bertz CT molecular complexity index is 272. The first-order valence-corrected chi connectivity index (χ1v) is 5.67. The van der Waals surface area contributed by atoms with Crippen molar-refractivity contribution in [3.8, 4) is 0 Å². The third kappa shape index (κ3) is 3.89. The van der Waals surface area contributed by atoms with Gasteiger partial charge >= 0.3 is 0 Å². The van der Waals surface area contributed by atoms with Gasteiger partial charge in [-0.2, -0.15) is 11.3 Å². The SMILES string of the molecule is C[C@H](CN)NC(=O)CCc1ccsc1. The minimum Gasteiger partial charge on any atom is -0.352 e. The average Bonchev–Trinajstić information content (AvgIpc) is 2.67. The van der Waals surface area contributed by atoms with E-state index in [0.717, 1.165) is 6.42 Å². The number of amides is 1. The second kappa shape index (κ2) is 5.78. The van der Waals surface area contributed by atoms with Crippen molar-refractivity contribution in [3.05, 3.63) is 22.4 Å². The number of hydrogen-bond donors (Lipinski definition) is 2. The number of nitrogens with two attached hydrogens (primary N) is 1. The number of nitrogens with one attached hydrogen (secondary N) is 1. The molecule has 3 N–H and O–H groups in total. The van der Waals surface area contributed by atoms with Gasteiger partial charge in [-0.05, 0) is 35.7 Å². The number of carbonyl (C=O) groups is 1. The number of rotatable bonds is 5. The Kier molecular flexibility index (Phi) is 4.62. The molecule has 1 atom stereocenters. The molecule has 0 bridgehead atoms. The van der Waals surface area contributed by atoms with Crippen molar-refractivity contribution < 1.29 is 4.79 Å². The molecule has 0 unspecified atom stereocenters. The van der Waals surface area contributed by atoms with E-state index in [9.17, 15) is 4.79 Å². The number of aryl methyl sites for hydroxylation is 1. The van der Waals surface area contributed by atoms with Crippen LogP contribution in [0.1, 0.15) is 18.9 Å². The van der Waals surface area contributed by atoms with E-state index in [0.29, 0.717) is 13.0 Å². The maximum Gasteiger partial charge on any atom is 0.220 e. The Morgan fingerprint density at radius 3 is 3.07 bits per heavy atom. The van der Waals surface area contributed by atoms with Crippen LogP contribution in [0.25, 0.3) is 0 Å². The molecule has 0 saturated carbocycles. The van der Waals surface area contributed by atoms with Crippen LogP contribution in [0.2, 0.25) is 0 Å². The summed E-state index contributed by atoms with van der Waals surface area (Å²) in [6, 6.07) is 2.12. The summed E-state index contributed by atoms with van der Waals surface area (Å²) in [5.74, 6) is 0.0779. The van der Waals surface area contributed by atoms with Gasteiger partial charge in [-0.1, -0.05) is 0 Å². The summed E-state index contributed by atoms with van der Waals surface area (Å²) in [4.78, 5) is 11.3. The van der Waals surface area contributed by atoms with Crippen molar-refractivity contribution in [1.29, 1.82) is 0 Å². The fourth-order valence-corrected chi connectivity index (χ4v) is 1.80. The molecule has 0 aliphatic heterocycles. The lowest BCUT2D eigenvalue weighted by molar-refractivity contribution is -0.121. The summed E-state index contributed by atoms with van der Waals surface area (Å²) < 4.78 is 0. The van der Waals surface area contributed by atoms with Crippen LogP contribution in [0.4, 0.5) is 0 Å². The van der Waals surface area contributed by atoms with Gasteiger partial charge in [0, 0.05) is 19.0 Å². The molecule has 3 nitrogen and oxygen atoms in total. The highest BCUT2D eigenvalue weighted by molar-refractivity contribution is 7.07. The van der Waals surface area contributed by atoms with E-state index >= 15 is 0 Å². The first kappa shape index (κ1) is 11.2. The molecule has 0 radical (unpaired) electrons. The van der Waals surface area contributed by atoms with E-state index in [2.05, 4.69) is 10.7 Å². The molecule has 0 aromatic carbocycles. The highest BCUT2D eigenvalue weighted by atomic mass is 32.1. The van der Waals surface area contributed by atoms with Crippen molar-refractivity contribution in [2.75, 3.05) is 6.54 Å². The summed E-state index contributed by atoms with van der Waals surface area (Å²) >= 11 is 1.66. The normalized spacial score (nSPS) is 12.4. The number of hydrogen-bond acceptors (Lipinski definition) is 3. The number of carbonyl (C=O) groups excluding carboxylic acids is 1. The number of thiophene rings is 1. The Balaban J connectivity index is 2.22. The van der Waals surface area contributed by atoms with E-state index in [1.54, 1.807) is 11.3 Å². The fraction of sp³-hybridized carbons (Fsp3) is 0.500. The molecule has 4 heteroatoms. The summed E-state index contributed by atoms with van der Waals surface area (Å²) in [5, 5.41) is 6.92. The monoisotopic (exact) mass is 212 g/mol. The Morgan fingerprint density at radius 2 is 2.50 bits per heavy atom. The van der Waals surface area contributed by atoms with E-state index in [1.807, 2.05) is 18.4 Å². The average molecular weight is 212 g/mol. The van der Waals surface area contributed by atoms with Gasteiger partial charge in [0.15, 0.2) is 0 Å². The lowest BCUT2D eigenvalue weighted by Gasteiger charge is -2.10. The van der Waals surface area contributed by atoms with Gasteiger partial charge in [0.2, 0.25) is 5.91 Å². The van der Waals surface area contributed by atoms with Gasteiger partial charge in [-0.15, -0.1) is 0 Å². The van der Waals surface area contributed by atoms with Crippen LogP contribution >= 0.6 is 11.3 Å². The molecule has 0 saturated heterocycles. The maximum atomic E-state index is 11.3. The zero-order valence-corrected chi connectivity index (χ0v) is 9.14. The third-order valence-corrected chi connectivity index (χ3v) is 2.71. The minimum atomic E-state index is 0.0741. The van der Waals surface area contributed by atoms with Gasteiger partial charge in [-0.25, -0.2) is 0 Å². The van der Waals surface area contributed by atoms with Gasteiger partial charge in [0.05, 0.1) is 0 Å². The standard InChI is InChI=1S/C10H16N2OS/c1-8(6-11)12-10(13)3-2-9-4-5-14-7-9/h4-5,7-8H,2-3,6,11H2,1H3,(H,12,13)/t8-/m1/s1. The summed E-state index contributed by atoms with van der Waals surface area (Å²) in [7, 11) is 0.